The minimum absolute atomic E-state index is 0.0375. The van der Waals surface area contributed by atoms with E-state index >= 15 is 0 Å². The molecule has 98 valence electrons. The summed E-state index contributed by atoms with van der Waals surface area (Å²) in [5.74, 6) is 0.932. The quantitative estimate of drug-likeness (QED) is 0.796. The van der Waals surface area contributed by atoms with Crippen LogP contribution in [0.1, 0.15) is 50.6 Å². The molecule has 0 spiro atoms. The number of nitrogens with two attached hydrogens (primary N) is 1. The van der Waals surface area contributed by atoms with Crippen LogP contribution in [0.4, 0.5) is 0 Å². The van der Waals surface area contributed by atoms with E-state index in [1.54, 1.807) is 0 Å². The highest BCUT2D eigenvalue weighted by atomic mass is 16.5. The Morgan fingerprint density at radius 1 is 1.33 bits per heavy atom. The van der Waals surface area contributed by atoms with Gasteiger partial charge in [-0.05, 0) is 49.8 Å². The lowest BCUT2D eigenvalue weighted by Crippen LogP contribution is -2.15. The van der Waals surface area contributed by atoms with Gasteiger partial charge < -0.3 is 10.5 Å². The van der Waals surface area contributed by atoms with Crippen LogP contribution in [0.25, 0.3) is 0 Å². The van der Waals surface area contributed by atoms with E-state index < -0.39 is 0 Å². The summed E-state index contributed by atoms with van der Waals surface area (Å²) in [4.78, 5) is 0. The Balaban J connectivity index is 2.09. The third kappa shape index (κ3) is 3.36. The smallest absolute Gasteiger partial charge is 0.119 e. The maximum absolute atomic E-state index is 6.34. The second kappa shape index (κ2) is 6.60. The van der Waals surface area contributed by atoms with Crippen molar-refractivity contribution >= 4 is 0 Å². The maximum Gasteiger partial charge on any atom is 0.119 e. The molecular formula is C16H23NO. The first-order valence-electron chi connectivity index (χ1n) is 6.98. The molecule has 2 nitrogen and oxygen atoms in total. The van der Waals surface area contributed by atoms with Gasteiger partial charge in [0.15, 0.2) is 0 Å². The molecule has 0 bridgehead atoms. The van der Waals surface area contributed by atoms with E-state index in [-0.39, 0.29) is 6.04 Å². The van der Waals surface area contributed by atoms with Crippen molar-refractivity contribution < 1.29 is 4.74 Å². The molecule has 0 aromatic heterocycles. The molecule has 0 amide bonds. The molecule has 0 saturated carbocycles. The van der Waals surface area contributed by atoms with Gasteiger partial charge in [0, 0.05) is 0 Å². The number of ether oxygens (including phenoxy) is 1. The number of hydrogen-bond acceptors (Lipinski definition) is 2. The fourth-order valence-corrected chi connectivity index (χ4v) is 2.38. The predicted molar refractivity (Wildman–Crippen MR) is 75.7 cm³/mol. The molecule has 1 aromatic carbocycles. The fraction of sp³-hybridized carbons (Fsp3) is 0.500. The highest BCUT2D eigenvalue weighted by molar-refractivity contribution is 5.35. The van der Waals surface area contributed by atoms with E-state index in [4.69, 9.17) is 10.5 Å². The van der Waals surface area contributed by atoms with E-state index in [0.717, 1.165) is 30.8 Å². The molecule has 1 aliphatic carbocycles. The molecule has 1 atom stereocenters. The van der Waals surface area contributed by atoms with Crippen molar-refractivity contribution in [2.45, 2.75) is 45.1 Å². The third-order valence-corrected chi connectivity index (χ3v) is 3.42. The standard InChI is InChI=1S/C16H23NO/c1-2-11-18-15-10-6-9-14(12-15)16(17)13-7-4-3-5-8-13/h6-7,9-10,12,16H,2-5,8,11,17H2,1H3. The van der Waals surface area contributed by atoms with Crippen molar-refractivity contribution in [3.05, 3.63) is 41.5 Å². The number of hydrogen-bond donors (Lipinski definition) is 1. The van der Waals surface area contributed by atoms with Crippen LogP contribution in [-0.2, 0) is 0 Å². The van der Waals surface area contributed by atoms with Gasteiger partial charge in [0.05, 0.1) is 12.6 Å². The van der Waals surface area contributed by atoms with Gasteiger partial charge in [0.1, 0.15) is 5.75 Å². The lowest BCUT2D eigenvalue weighted by Gasteiger charge is -2.20. The molecule has 2 rings (SSSR count). The van der Waals surface area contributed by atoms with Crippen molar-refractivity contribution in [2.75, 3.05) is 6.61 Å². The summed E-state index contributed by atoms with van der Waals surface area (Å²) < 4.78 is 5.66. The fourth-order valence-electron chi connectivity index (χ4n) is 2.38. The molecule has 1 aliphatic rings. The molecule has 2 N–H and O–H groups in total. The van der Waals surface area contributed by atoms with E-state index in [1.807, 2.05) is 12.1 Å². The summed E-state index contributed by atoms with van der Waals surface area (Å²) in [6.45, 7) is 2.88. The van der Waals surface area contributed by atoms with Crippen molar-refractivity contribution in [3.8, 4) is 5.75 Å². The van der Waals surface area contributed by atoms with Gasteiger partial charge >= 0.3 is 0 Å². The minimum Gasteiger partial charge on any atom is -0.494 e. The van der Waals surface area contributed by atoms with E-state index in [0.29, 0.717) is 0 Å². The van der Waals surface area contributed by atoms with Crippen LogP contribution in [0, 0.1) is 0 Å². The monoisotopic (exact) mass is 245 g/mol. The van der Waals surface area contributed by atoms with Gasteiger partial charge in [0.2, 0.25) is 0 Å². The molecule has 1 aromatic rings. The number of allylic oxidation sites excluding steroid dienone is 1. The average Bonchev–Trinajstić information content (AvgIpc) is 2.45. The third-order valence-electron chi connectivity index (χ3n) is 3.42. The largest absolute Gasteiger partial charge is 0.494 e. The first-order chi connectivity index (χ1) is 8.81. The van der Waals surface area contributed by atoms with Gasteiger partial charge in [-0.3, -0.25) is 0 Å². The van der Waals surface area contributed by atoms with Gasteiger partial charge in [0.25, 0.3) is 0 Å². The Hall–Kier alpha value is -1.28. The zero-order chi connectivity index (χ0) is 12.8. The van der Waals surface area contributed by atoms with Crippen LogP contribution in [0.5, 0.6) is 5.75 Å². The second-order valence-electron chi connectivity index (χ2n) is 4.92. The zero-order valence-electron chi connectivity index (χ0n) is 11.2. The van der Waals surface area contributed by atoms with Gasteiger partial charge in [-0.15, -0.1) is 0 Å². The number of benzene rings is 1. The maximum atomic E-state index is 6.34. The summed E-state index contributed by atoms with van der Waals surface area (Å²) in [5, 5.41) is 0. The van der Waals surface area contributed by atoms with Crippen molar-refractivity contribution in [2.24, 2.45) is 5.73 Å². The van der Waals surface area contributed by atoms with Gasteiger partial charge in [-0.2, -0.15) is 0 Å². The van der Waals surface area contributed by atoms with Crippen LogP contribution in [-0.4, -0.2) is 6.61 Å². The number of rotatable bonds is 5. The molecule has 0 radical (unpaired) electrons. The minimum atomic E-state index is 0.0375. The average molecular weight is 245 g/mol. The highest BCUT2D eigenvalue weighted by Crippen LogP contribution is 2.29. The first kappa shape index (κ1) is 13.2. The molecule has 0 fully saturated rings. The SMILES string of the molecule is CCCOc1cccc(C(N)C2=CCCCC2)c1. The van der Waals surface area contributed by atoms with Crippen LogP contribution in [0.15, 0.2) is 35.9 Å². The van der Waals surface area contributed by atoms with E-state index in [1.165, 1.54) is 24.8 Å². The first-order valence-corrected chi connectivity index (χ1v) is 6.98. The van der Waals surface area contributed by atoms with Gasteiger partial charge in [-0.1, -0.05) is 30.7 Å². The lowest BCUT2D eigenvalue weighted by molar-refractivity contribution is 0.317. The Kier molecular flexibility index (Phi) is 4.82. The summed E-state index contributed by atoms with van der Waals surface area (Å²) >= 11 is 0. The zero-order valence-corrected chi connectivity index (χ0v) is 11.2. The van der Waals surface area contributed by atoms with Crippen molar-refractivity contribution in [1.29, 1.82) is 0 Å². The Bertz CT molecular complexity index is 411. The second-order valence-corrected chi connectivity index (χ2v) is 4.92. The molecule has 0 saturated heterocycles. The lowest BCUT2D eigenvalue weighted by atomic mass is 9.90. The van der Waals surface area contributed by atoms with E-state index in [2.05, 4.69) is 25.1 Å². The van der Waals surface area contributed by atoms with Gasteiger partial charge in [-0.25, -0.2) is 0 Å². The van der Waals surface area contributed by atoms with Crippen LogP contribution < -0.4 is 10.5 Å². The molecule has 0 heterocycles. The Labute approximate surface area is 110 Å². The van der Waals surface area contributed by atoms with Crippen LogP contribution >= 0.6 is 0 Å². The Morgan fingerprint density at radius 2 is 2.22 bits per heavy atom. The molecule has 0 aliphatic heterocycles. The van der Waals surface area contributed by atoms with Crippen LogP contribution in [0.2, 0.25) is 0 Å². The van der Waals surface area contributed by atoms with Crippen molar-refractivity contribution in [3.63, 3.8) is 0 Å². The highest BCUT2D eigenvalue weighted by Gasteiger charge is 2.14. The van der Waals surface area contributed by atoms with E-state index in [9.17, 15) is 0 Å². The Morgan fingerprint density at radius 3 is 2.94 bits per heavy atom. The van der Waals surface area contributed by atoms with Crippen molar-refractivity contribution in [1.82, 2.24) is 0 Å². The normalized spacial score (nSPS) is 17.1. The summed E-state index contributed by atoms with van der Waals surface area (Å²) in [5.41, 5.74) is 8.89. The predicted octanol–water partition coefficient (Wildman–Crippen LogP) is 3.98. The summed E-state index contributed by atoms with van der Waals surface area (Å²) in [6.07, 6.45) is 8.23. The summed E-state index contributed by atoms with van der Waals surface area (Å²) in [6, 6.07) is 8.25. The van der Waals surface area contributed by atoms with Crippen LogP contribution in [0.3, 0.4) is 0 Å². The topological polar surface area (TPSA) is 35.2 Å². The molecule has 18 heavy (non-hydrogen) atoms. The summed E-state index contributed by atoms with van der Waals surface area (Å²) in [7, 11) is 0. The molecule has 2 heteroatoms. The molecule has 1 unspecified atom stereocenters. The molecular weight excluding hydrogens is 222 g/mol.